The summed E-state index contributed by atoms with van der Waals surface area (Å²) in [4.78, 5) is 57.1. The molecule has 7 atom stereocenters. The SMILES string of the molecule is O=C(CN1C(=O)C2C3CC(C2C1=O)C1C3Sc2[nH]c(=O)sc2[C@@H]1c1ccc(Cl)cc1)Nc1ccc(F)cc1. The van der Waals surface area contributed by atoms with Gasteiger partial charge in [-0.3, -0.25) is 24.1 Å². The van der Waals surface area contributed by atoms with Gasteiger partial charge in [-0.15, -0.1) is 11.8 Å². The fourth-order valence-electron chi connectivity index (χ4n) is 7.16. The van der Waals surface area contributed by atoms with E-state index in [0.29, 0.717) is 10.7 Å². The van der Waals surface area contributed by atoms with Gasteiger partial charge in [0.15, 0.2) is 0 Å². The highest BCUT2D eigenvalue weighted by Gasteiger charge is 2.69. The third-order valence-electron chi connectivity index (χ3n) is 8.47. The second kappa shape index (κ2) is 8.79. The minimum Gasteiger partial charge on any atom is -0.325 e. The molecule has 2 aliphatic heterocycles. The maximum absolute atomic E-state index is 13.6. The third-order valence-corrected chi connectivity index (χ3v) is 11.3. The summed E-state index contributed by atoms with van der Waals surface area (Å²) in [5.74, 6) is -2.51. The number of carbonyl (C=O) groups excluding carboxylic acids is 3. The van der Waals surface area contributed by atoms with Crippen molar-refractivity contribution in [3.8, 4) is 0 Å². The average molecular weight is 570 g/mol. The van der Waals surface area contributed by atoms with Crippen LogP contribution in [0.5, 0.6) is 0 Å². The number of thiazole rings is 1. The quantitative estimate of drug-likeness (QED) is 0.455. The molecular formula is C27H21ClFN3O4S2. The molecule has 7 rings (SSSR count). The standard InChI is InChI=1S/C27H21ClFN3O4S2/c28-12-3-1-11(2-4-12)18-19-15-9-16(22(19)37-24-23(18)38-27(36)31-24)21-20(15)25(34)32(26(21)35)10-17(33)30-14-7-5-13(29)6-8-14/h1-8,15-16,18-22H,9-10H2,(H,30,33)(H,31,36)/t15?,16?,18-,19?,20?,21?,22?/m1/s1. The average Bonchev–Trinajstić information content (AvgIpc) is 3.62. The number of hydrogen-bond donors (Lipinski definition) is 2. The van der Waals surface area contributed by atoms with Crippen LogP contribution in [0.15, 0.2) is 58.4 Å². The van der Waals surface area contributed by atoms with Gasteiger partial charge in [0.05, 0.1) is 16.9 Å². The second-order valence-electron chi connectivity index (χ2n) is 10.3. The number of rotatable bonds is 4. The Morgan fingerprint density at radius 3 is 2.42 bits per heavy atom. The fourth-order valence-corrected chi connectivity index (χ4v) is 10.2. The number of thioether (sulfide) groups is 1. The van der Waals surface area contributed by atoms with Crippen molar-refractivity contribution >= 4 is 58.1 Å². The van der Waals surface area contributed by atoms with E-state index in [1.807, 2.05) is 24.3 Å². The molecule has 4 aliphatic rings. The summed E-state index contributed by atoms with van der Waals surface area (Å²) in [5, 5.41) is 4.18. The molecule has 2 aliphatic carbocycles. The number of anilines is 1. The van der Waals surface area contributed by atoms with E-state index in [9.17, 15) is 23.6 Å². The maximum atomic E-state index is 13.6. The summed E-state index contributed by atoms with van der Waals surface area (Å²) in [6.07, 6.45) is 0.772. The van der Waals surface area contributed by atoms with E-state index in [-0.39, 0.29) is 52.2 Å². The number of hydrogen-bond acceptors (Lipinski definition) is 6. The molecule has 3 heterocycles. The van der Waals surface area contributed by atoms with E-state index < -0.39 is 23.6 Å². The normalized spacial score (nSPS) is 30.8. The van der Waals surface area contributed by atoms with Crippen molar-refractivity contribution in [3.05, 3.63) is 79.5 Å². The van der Waals surface area contributed by atoms with E-state index in [4.69, 9.17) is 11.6 Å². The minimum atomic E-state index is -0.504. The van der Waals surface area contributed by atoms with Gasteiger partial charge in [0.2, 0.25) is 17.7 Å². The largest absolute Gasteiger partial charge is 0.325 e. The van der Waals surface area contributed by atoms with Crippen molar-refractivity contribution in [2.24, 2.45) is 29.6 Å². The van der Waals surface area contributed by atoms with E-state index in [0.717, 1.165) is 26.8 Å². The number of fused-ring (bicyclic) bond motifs is 9. The van der Waals surface area contributed by atoms with Crippen molar-refractivity contribution in [2.45, 2.75) is 22.6 Å². The maximum Gasteiger partial charge on any atom is 0.305 e. The van der Waals surface area contributed by atoms with Gasteiger partial charge in [-0.1, -0.05) is 35.1 Å². The van der Waals surface area contributed by atoms with Crippen LogP contribution in [0.2, 0.25) is 5.02 Å². The summed E-state index contributed by atoms with van der Waals surface area (Å²) in [6.45, 7) is -0.370. The van der Waals surface area contributed by atoms with Gasteiger partial charge >= 0.3 is 4.87 Å². The molecule has 1 aromatic heterocycles. The lowest BCUT2D eigenvalue weighted by molar-refractivity contribution is -0.143. The molecular weight excluding hydrogens is 549 g/mol. The van der Waals surface area contributed by atoms with Gasteiger partial charge in [0, 0.05) is 26.8 Å². The second-order valence-corrected chi connectivity index (χ2v) is 13.0. The van der Waals surface area contributed by atoms with Crippen LogP contribution in [-0.2, 0) is 14.4 Å². The highest BCUT2D eigenvalue weighted by Crippen LogP contribution is 2.68. The Morgan fingerprint density at radius 2 is 1.71 bits per heavy atom. The summed E-state index contributed by atoms with van der Waals surface area (Å²) < 4.78 is 13.2. The number of halogens is 2. The van der Waals surface area contributed by atoms with Crippen LogP contribution in [0.1, 0.15) is 22.8 Å². The van der Waals surface area contributed by atoms with Gasteiger partial charge < -0.3 is 10.3 Å². The van der Waals surface area contributed by atoms with Gasteiger partial charge in [0.1, 0.15) is 12.4 Å². The zero-order chi connectivity index (χ0) is 26.3. The Bertz CT molecular complexity index is 1540. The fraction of sp³-hybridized carbons (Fsp3) is 0.333. The first-order chi connectivity index (χ1) is 18.3. The van der Waals surface area contributed by atoms with E-state index in [1.54, 1.807) is 11.8 Å². The number of aromatic amines is 1. The van der Waals surface area contributed by atoms with E-state index in [2.05, 4.69) is 10.3 Å². The molecule has 11 heteroatoms. The molecule has 2 aromatic carbocycles. The summed E-state index contributed by atoms with van der Waals surface area (Å²) in [7, 11) is 0. The van der Waals surface area contributed by atoms with Crippen molar-refractivity contribution in [3.63, 3.8) is 0 Å². The first kappa shape index (κ1) is 24.1. The molecule has 6 unspecified atom stereocenters. The number of nitrogens with one attached hydrogen (secondary N) is 2. The molecule has 3 amide bonds. The van der Waals surface area contributed by atoms with Gasteiger partial charge in [-0.25, -0.2) is 4.39 Å². The summed E-state index contributed by atoms with van der Waals surface area (Å²) >= 11 is 8.99. The molecule has 3 fully saturated rings. The van der Waals surface area contributed by atoms with Gasteiger partial charge in [-0.2, -0.15) is 0 Å². The Labute approximate surface area is 229 Å². The molecule has 194 valence electrons. The molecule has 0 spiro atoms. The third kappa shape index (κ3) is 3.60. The molecule has 3 aromatic rings. The highest BCUT2D eigenvalue weighted by molar-refractivity contribution is 8.00. The lowest BCUT2D eigenvalue weighted by atomic mass is 9.68. The minimum absolute atomic E-state index is 0.0204. The van der Waals surface area contributed by atoms with E-state index >= 15 is 0 Å². The van der Waals surface area contributed by atoms with Crippen molar-refractivity contribution in [1.29, 1.82) is 0 Å². The number of H-pyrrole nitrogens is 1. The van der Waals surface area contributed by atoms with Crippen LogP contribution >= 0.6 is 34.7 Å². The van der Waals surface area contributed by atoms with Crippen LogP contribution < -0.4 is 10.2 Å². The number of likely N-dealkylation sites (tertiary alicyclic amines) is 1. The molecule has 2 bridgehead atoms. The van der Waals surface area contributed by atoms with Crippen LogP contribution in [0.3, 0.4) is 0 Å². The predicted octanol–water partition coefficient (Wildman–Crippen LogP) is 4.34. The van der Waals surface area contributed by atoms with Crippen molar-refractivity contribution < 1.29 is 18.8 Å². The Balaban J connectivity index is 1.19. The molecule has 2 saturated carbocycles. The Hall–Kier alpha value is -2.95. The number of imide groups is 1. The Morgan fingerprint density at radius 1 is 1.03 bits per heavy atom. The predicted molar refractivity (Wildman–Crippen MR) is 142 cm³/mol. The monoisotopic (exact) mass is 569 g/mol. The number of amides is 3. The Kier molecular flexibility index (Phi) is 5.58. The lowest BCUT2D eigenvalue weighted by Crippen LogP contribution is -2.42. The van der Waals surface area contributed by atoms with Crippen molar-refractivity contribution in [2.75, 3.05) is 11.9 Å². The van der Waals surface area contributed by atoms with Crippen molar-refractivity contribution in [1.82, 2.24) is 9.88 Å². The van der Waals surface area contributed by atoms with E-state index in [1.165, 1.54) is 35.6 Å². The number of nitrogens with zero attached hydrogens (tertiary/aromatic N) is 1. The molecule has 0 radical (unpaired) electrons. The molecule has 38 heavy (non-hydrogen) atoms. The zero-order valence-corrected chi connectivity index (χ0v) is 22.1. The van der Waals surface area contributed by atoms with Crippen LogP contribution in [0.4, 0.5) is 10.1 Å². The number of carbonyl (C=O) groups is 3. The van der Waals surface area contributed by atoms with Gasteiger partial charge in [-0.05, 0) is 66.1 Å². The highest BCUT2D eigenvalue weighted by atomic mass is 35.5. The van der Waals surface area contributed by atoms with Crippen LogP contribution in [-0.4, -0.2) is 39.4 Å². The topological polar surface area (TPSA) is 99.3 Å². The zero-order valence-electron chi connectivity index (χ0n) is 19.7. The lowest BCUT2D eigenvalue weighted by Gasteiger charge is -2.43. The first-order valence-corrected chi connectivity index (χ1v) is 14.4. The number of benzene rings is 2. The number of aromatic nitrogens is 1. The smallest absolute Gasteiger partial charge is 0.305 e. The first-order valence-electron chi connectivity index (χ1n) is 12.4. The summed E-state index contributed by atoms with van der Waals surface area (Å²) in [5.41, 5.74) is 1.43. The van der Waals surface area contributed by atoms with Gasteiger partial charge in [0.25, 0.3) is 0 Å². The molecule has 1 saturated heterocycles. The summed E-state index contributed by atoms with van der Waals surface area (Å²) in [6, 6.07) is 12.9. The molecule has 2 N–H and O–H groups in total. The molecule has 7 nitrogen and oxygen atoms in total. The van der Waals surface area contributed by atoms with Crippen LogP contribution in [0.25, 0.3) is 0 Å². The van der Waals surface area contributed by atoms with Crippen LogP contribution in [0, 0.1) is 35.4 Å².